The van der Waals surface area contributed by atoms with Crippen LogP contribution in [0.2, 0.25) is 0 Å². The van der Waals surface area contributed by atoms with Gasteiger partial charge in [-0.05, 0) is 140 Å². The molecule has 0 amide bonds. The van der Waals surface area contributed by atoms with E-state index in [1.54, 1.807) is 0 Å². The lowest BCUT2D eigenvalue weighted by Gasteiger charge is -2.43. The molecular formula is C44H46N4. The van der Waals surface area contributed by atoms with Gasteiger partial charge in [-0.15, -0.1) is 0 Å². The van der Waals surface area contributed by atoms with Crippen molar-refractivity contribution in [3.8, 4) is 0 Å². The molecule has 2 bridgehead atoms. The molecule has 3 fully saturated rings. The molecule has 0 atom stereocenters. The van der Waals surface area contributed by atoms with Crippen LogP contribution in [-0.4, -0.2) is 19.3 Å². The largest absolute Gasteiger partial charge is 0.310 e. The van der Waals surface area contributed by atoms with Gasteiger partial charge in [0.1, 0.15) is 0 Å². The summed E-state index contributed by atoms with van der Waals surface area (Å²) in [6, 6.07) is 47.2. The molecule has 2 N–H and O–H groups in total. The number of benzene rings is 5. The van der Waals surface area contributed by atoms with Crippen LogP contribution in [0, 0.1) is 5.41 Å². The standard InChI is InChI=1S/C44H46N4/c1-42(2)37-16-9-10-17-39(37)48(35-20-18-32(19-21-35)43-24-26-44(31-43,27-25-43)41-45-28-11-29-46-41)40-23-22-36(30-38(40)42)47(33-12-5-3-6-13-33)34-14-7-4-8-15-34/h3-10,12-23,30,41,45-46H,11,24-29,31H2,1-2H3. The third-order valence-corrected chi connectivity index (χ3v) is 12.3. The van der Waals surface area contributed by atoms with Crippen molar-refractivity contribution in [1.82, 2.24) is 10.6 Å². The molecule has 4 heteroatoms. The average molecular weight is 631 g/mol. The monoisotopic (exact) mass is 630 g/mol. The fourth-order valence-corrected chi connectivity index (χ4v) is 9.80. The number of anilines is 6. The van der Waals surface area contributed by atoms with E-state index in [0.717, 1.165) is 24.5 Å². The first-order valence-corrected chi connectivity index (χ1v) is 18.0. The maximum absolute atomic E-state index is 3.83. The predicted octanol–water partition coefficient (Wildman–Crippen LogP) is 10.4. The van der Waals surface area contributed by atoms with Gasteiger partial charge in [-0.1, -0.05) is 80.6 Å². The molecule has 0 unspecified atom stereocenters. The van der Waals surface area contributed by atoms with Crippen molar-refractivity contribution >= 4 is 34.1 Å². The first-order chi connectivity index (χ1) is 23.5. The second-order valence-electron chi connectivity index (χ2n) is 15.2. The van der Waals surface area contributed by atoms with Gasteiger partial charge in [0.25, 0.3) is 0 Å². The Morgan fingerprint density at radius 3 is 1.88 bits per heavy atom. The summed E-state index contributed by atoms with van der Waals surface area (Å²) >= 11 is 0. The third-order valence-electron chi connectivity index (χ3n) is 12.3. The molecule has 48 heavy (non-hydrogen) atoms. The third kappa shape index (κ3) is 4.64. The molecular weight excluding hydrogens is 585 g/mol. The maximum Gasteiger partial charge on any atom is 0.0630 e. The normalized spacial score (nSPS) is 24.2. The van der Waals surface area contributed by atoms with E-state index in [-0.39, 0.29) is 5.41 Å². The van der Waals surface area contributed by atoms with E-state index in [1.807, 2.05) is 0 Å². The summed E-state index contributed by atoms with van der Waals surface area (Å²) in [6.45, 7) is 7.06. The molecule has 5 aromatic rings. The van der Waals surface area contributed by atoms with E-state index >= 15 is 0 Å². The second kappa shape index (κ2) is 11.4. The van der Waals surface area contributed by atoms with Crippen molar-refractivity contribution in [3.63, 3.8) is 0 Å². The summed E-state index contributed by atoms with van der Waals surface area (Å²) in [4.78, 5) is 4.87. The number of nitrogens with zero attached hydrogens (tertiary/aromatic N) is 2. The Hall–Kier alpha value is -4.38. The minimum absolute atomic E-state index is 0.172. The van der Waals surface area contributed by atoms with Crippen molar-refractivity contribution in [2.24, 2.45) is 5.41 Å². The minimum Gasteiger partial charge on any atom is -0.310 e. The molecule has 242 valence electrons. The molecule has 2 aliphatic heterocycles. The number of fused-ring (bicyclic) bond motifs is 4. The van der Waals surface area contributed by atoms with E-state index < -0.39 is 0 Å². The van der Waals surface area contributed by atoms with Gasteiger partial charge < -0.3 is 20.4 Å². The molecule has 0 radical (unpaired) electrons. The van der Waals surface area contributed by atoms with Crippen LogP contribution < -0.4 is 20.4 Å². The molecule has 4 aliphatic rings. The van der Waals surface area contributed by atoms with Crippen molar-refractivity contribution in [2.45, 2.75) is 69.4 Å². The summed E-state index contributed by atoms with van der Waals surface area (Å²) in [5.74, 6) is 0. The number of para-hydroxylation sites is 3. The molecule has 1 saturated heterocycles. The Morgan fingerprint density at radius 2 is 1.21 bits per heavy atom. The topological polar surface area (TPSA) is 30.5 Å². The highest BCUT2D eigenvalue weighted by Crippen LogP contribution is 2.63. The first kappa shape index (κ1) is 29.7. The zero-order valence-electron chi connectivity index (χ0n) is 28.3. The smallest absolute Gasteiger partial charge is 0.0630 e. The van der Waals surface area contributed by atoms with Crippen molar-refractivity contribution in [2.75, 3.05) is 22.9 Å². The summed E-state index contributed by atoms with van der Waals surface area (Å²) < 4.78 is 0. The molecule has 5 aromatic carbocycles. The SMILES string of the molecule is CC1(C)c2ccccc2N(c2ccc(C34CCC(C5NCCCN5)(CC3)C4)cc2)c2ccc(N(c3ccccc3)c3ccccc3)cc21. The number of hydrogen-bond donors (Lipinski definition) is 2. The zero-order chi connectivity index (χ0) is 32.3. The second-order valence-corrected chi connectivity index (χ2v) is 15.2. The van der Waals surface area contributed by atoms with Gasteiger partial charge >= 0.3 is 0 Å². The van der Waals surface area contributed by atoms with Crippen LogP contribution in [0.3, 0.4) is 0 Å². The lowest BCUT2D eigenvalue weighted by atomic mass is 9.73. The first-order valence-electron chi connectivity index (χ1n) is 18.0. The lowest BCUT2D eigenvalue weighted by Crippen LogP contribution is -2.56. The van der Waals surface area contributed by atoms with Gasteiger partial charge in [-0.2, -0.15) is 0 Å². The Bertz CT molecular complexity index is 1880. The Balaban J connectivity index is 1.11. The van der Waals surface area contributed by atoms with Crippen LogP contribution in [0.5, 0.6) is 0 Å². The molecule has 2 heterocycles. The van der Waals surface area contributed by atoms with Crippen LogP contribution >= 0.6 is 0 Å². The summed E-state index contributed by atoms with van der Waals surface area (Å²) in [7, 11) is 0. The van der Waals surface area contributed by atoms with Crippen LogP contribution in [0.15, 0.2) is 127 Å². The predicted molar refractivity (Wildman–Crippen MR) is 200 cm³/mol. The van der Waals surface area contributed by atoms with Gasteiger partial charge in [0.15, 0.2) is 0 Å². The molecule has 2 aliphatic carbocycles. The van der Waals surface area contributed by atoms with E-state index in [4.69, 9.17) is 0 Å². The Labute approximate surface area is 285 Å². The summed E-state index contributed by atoms with van der Waals surface area (Å²) in [5, 5.41) is 7.67. The molecule has 9 rings (SSSR count). The number of hydrogen-bond acceptors (Lipinski definition) is 4. The molecule has 0 aromatic heterocycles. The van der Waals surface area contributed by atoms with Crippen molar-refractivity contribution < 1.29 is 0 Å². The van der Waals surface area contributed by atoms with Crippen LogP contribution in [-0.2, 0) is 10.8 Å². The molecule has 4 nitrogen and oxygen atoms in total. The highest BCUT2D eigenvalue weighted by molar-refractivity contribution is 5.88. The highest BCUT2D eigenvalue weighted by atomic mass is 15.2. The number of rotatable bonds is 6. The van der Waals surface area contributed by atoms with Gasteiger partial charge in [-0.25, -0.2) is 0 Å². The summed E-state index contributed by atoms with van der Waals surface area (Å²) in [6.07, 6.45) is 8.27. The van der Waals surface area contributed by atoms with Gasteiger partial charge in [-0.3, -0.25) is 0 Å². The molecule has 2 saturated carbocycles. The molecule has 0 spiro atoms. The average Bonchev–Trinajstić information content (AvgIpc) is 3.73. The quantitative estimate of drug-likeness (QED) is 0.195. The summed E-state index contributed by atoms with van der Waals surface area (Å²) in [5.41, 5.74) is 12.0. The minimum atomic E-state index is -0.172. The van der Waals surface area contributed by atoms with Crippen LogP contribution in [0.25, 0.3) is 0 Å². The fourth-order valence-electron chi connectivity index (χ4n) is 9.80. The zero-order valence-corrected chi connectivity index (χ0v) is 28.3. The lowest BCUT2D eigenvalue weighted by molar-refractivity contribution is 0.148. The maximum atomic E-state index is 3.83. The van der Waals surface area contributed by atoms with Gasteiger partial charge in [0.2, 0.25) is 0 Å². The van der Waals surface area contributed by atoms with Crippen molar-refractivity contribution in [1.29, 1.82) is 0 Å². The fraction of sp³-hybridized carbons (Fsp3) is 0.318. The van der Waals surface area contributed by atoms with E-state index in [9.17, 15) is 0 Å². The van der Waals surface area contributed by atoms with Crippen LogP contribution in [0.1, 0.15) is 69.1 Å². The van der Waals surface area contributed by atoms with Gasteiger partial charge in [0, 0.05) is 28.2 Å². The number of nitrogens with one attached hydrogen (secondary N) is 2. The van der Waals surface area contributed by atoms with E-state index in [1.165, 1.54) is 78.0 Å². The van der Waals surface area contributed by atoms with E-state index in [2.05, 4.69) is 162 Å². The highest BCUT2D eigenvalue weighted by Gasteiger charge is 2.58. The van der Waals surface area contributed by atoms with Gasteiger partial charge in [0.05, 0.1) is 17.5 Å². The van der Waals surface area contributed by atoms with Crippen LogP contribution in [0.4, 0.5) is 34.1 Å². The van der Waals surface area contributed by atoms with E-state index in [0.29, 0.717) is 17.0 Å². The Morgan fingerprint density at radius 1 is 0.604 bits per heavy atom. The van der Waals surface area contributed by atoms with Crippen molar-refractivity contribution in [3.05, 3.63) is 144 Å². The Kier molecular flexibility index (Phi) is 7.04.